The SMILES string of the molecule is CCC1O[C@H](O[C@H]2[C@H](C)C(COCc3ccccc3)OC(OC)[C@H]2C)C(OC(C)=O)[C@@H](C)[C@@H]1C. The largest absolute Gasteiger partial charge is 0.457 e. The van der Waals surface area contributed by atoms with Crippen molar-refractivity contribution in [2.24, 2.45) is 23.7 Å². The van der Waals surface area contributed by atoms with E-state index in [9.17, 15) is 4.79 Å². The fourth-order valence-corrected chi connectivity index (χ4v) is 5.19. The number of carbonyl (C=O) groups excluding carboxylic acids is 1. The van der Waals surface area contributed by atoms with Crippen LogP contribution in [-0.2, 0) is 39.8 Å². The van der Waals surface area contributed by atoms with Gasteiger partial charge in [-0.2, -0.15) is 0 Å². The minimum Gasteiger partial charge on any atom is -0.457 e. The van der Waals surface area contributed by atoms with E-state index in [1.165, 1.54) is 6.92 Å². The number of benzene rings is 1. The summed E-state index contributed by atoms with van der Waals surface area (Å²) in [6.07, 6.45) is -1.05. The summed E-state index contributed by atoms with van der Waals surface area (Å²) in [6, 6.07) is 10.1. The molecule has 7 nitrogen and oxygen atoms in total. The predicted octanol–water partition coefficient (Wildman–Crippen LogP) is 4.57. The van der Waals surface area contributed by atoms with Crippen molar-refractivity contribution in [1.82, 2.24) is 0 Å². The fourth-order valence-electron chi connectivity index (χ4n) is 5.19. The molecule has 1 aromatic carbocycles. The highest BCUT2D eigenvalue weighted by Crippen LogP contribution is 2.39. The molecule has 4 unspecified atom stereocenters. The second-order valence-corrected chi connectivity index (χ2v) is 9.84. The number of rotatable bonds is 9. The predicted molar refractivity (Wildman–Crippen MR) is 128 cm³/mol. The lowest BCUT2D eigenvalue weighted by atomic mass is 9.82. The van der Waals surface area contributed by atoms with Gasteiger partial charge in [0.1, 0.15) is 0 Å². The van der Waals surface area contributed by atoms with Crippen LogP contribution in [0.15, 0.2) is 30.3 Å². The zero-order chi connectivity index (χ0) is 24.8. The molecular weight excluding hydrogens is 436 g/mol. The fraction of sp³-hybridized carbons (Fsp3) is 0.741. The van der Waals surface area contributed by atoms with Crippen LogP contribution in [0.25, 0.3) is 0 Å². The van der Waals surface area contributed by atoms with Crippen molar-refractivity contribution in [3.8, 4) is 0 Å². The third-order valence-electron chi connectivity index (χ3n) is 7.49. The van der Waals surface area contributed by atoms with Crippen LogP contribution in [0.3, 0.4) is 0 Å². The number of esters is 1. The molecule has 0 saturated carbocycles. The number of carbonyl (C=O) groups is 1. The number of ether oxygens (including phenoxy) is 6. The smallest absolute Gasteiger partial charge is 0.303 e. The highest BCUT2D eigenvalue weighted by molar-refractivity contribution is 5.66. The van der Waals surface area contributed by atoms with E-state index in [-0.39, 0.29) is 48.0 Å². The normalized spacial score (nSPS) is 38.4. The Labute approximate surface area is 204 Å². The summed E-state index contributed by atoms with van der Waals surface area (Å²) in [4.78, 5) is 11.9. The van der Waals surface area contributed by atoms with Crippen molar-refractivity contribution in [2.75, 3.05) is 13.7 Å². The molecule has 2 saturated heterocycles. The minimum atomic E-state index is -0.642. The Bertz CT molecular complexity index is 757. The van der Waals surface area contributed by atoms with Crippen LogP contribution in [0.5, 0.6) is 0 Å². The Morgan fingerprint density at radius 3 is 2.18 bits per heavy atom. The lowest BCUT2D eigenvalue weighted by Gasteiger charge is -2.48. The molecule has 3 rings (SSSR count). The van der Waals surface area contributed by atoms with Crippen LogP contribution in [0.4, 0.5) is 0 Å². The first kappa shape index (κ1) is 27.1. The molecule has 10 atom stereocenters. The molecule has 7 heteroatoms. The Morgan fingerprint density at radius 2 is 1.56 bits per heavy atom. The van der Waals surface area contributed by atoms with Crippen molar-refractivity contribution >= 4 is 5.97 Å². The maximum atomic E-state index is 11.9. The van der Waals surface area contributed by atoms with E-state index >= 15 is 0 Å². The Kier molecular flexibility index (Phi) is 9.92. The molecule has 0 aliphatic carbocycles. The van der Waals surface area contributed by atoms with Gasteiger partial charge in [-0.3, -0.25) is 4.79 Å². The number of methoxy groups -OCH3 is 1. The van der Waals surface area contributed by atoms with Crippen LogP contribution in [0, 0.1) is 23.7 Å². The zero-order valence-electron chi connectivity index (χ0n) is 21.6. The maximum Gasteiger partial charge on any atom is 0.303 e. The van der Waals surface area contributed by atoms with Gasteiger partial charge in [-0.25, -0.2) is 0 Å². The third-order valence-corrected chi connectivity index (χ3v) is 7.49. The lowest BCUT2D eigenvalue weighted by Crippen LogP contribution is -2.57. The van der Waals surface area contributed by atoms with E-state index in [0.29, 0.717) is 13.2 Å². The van der Waals surface area contributed by atoms with Gasteiger partial charge < -0.3 is 28.4 Å². The summed E-state index contributed by atoms with van der Waals surface area (Å²) in [7, 11) is 1.64. The second kappa shape index (κ2) is 12.5. The molecule has 2 heterocycles. The van der Waals surface area contributed by atoms with E-state index in [1.54, 1.807) is 7.11 Å². The van der Waals surface area contributed by atoms with Crippen molar-refractivity contribution in [3.05, 3.63) is 35.9 Å². The highest BCUT2D eigenvalue weighted by atomic mass is 16.7. The topological polar surface area (TPSA) is 72.5 Å². The molecule has 0 radical (unpaired) electrons. The summed E-state index contributed by atoms with van der Waals surface area (Å²) in [5.74, 6) is 0.0206. The van der Waals surface area contributed by atoms with Crippen molar-refractivity contribution in [3.63, 3.8) is 0 Å². The van der Waals surface area contributed by atoms with Crippen molar-refractivity contribution in [1.29, 1.82) is 0 Å². The lowest BCUT2D eigenvalue weighted by molar-refractivity contribution is -0.331. The average Bonchev–Trinajstić information content (AvgIpc) is 2.82. The van der Waals surface area contributed by atoms with Gasteiger partial charge in [-0.15, -0.1) is 0 Å². The third kappa shape index (κ3) is 6.38. The summed E-state index contributed by atoms with van der Waals surface area (Å²) < 4.78 is 36.6. The second-order valence-electron chi connectivity index (χ2n) is 9.84. The van der Waals surface area contributed by atoms with Crippen LogP contribution in [0.1, 0.15) is 53.5 Å². The van der Waals surface area contributed by atoms with E-state index in [1.807, 2.05) is 30.3 Å². The van der Waals surface area contributed by atoms with Gasteiger partial charge in [0.2, 0.25) is 0 Å². The monoisotopic (exact) mass is 478 g/mol. The molecular formula is C27H42O7. The highest BCUT2D eigenvalue weighted by Gasteiger charge is 2.49. The van der Waals surface area contributed by atoms with Crippen LogP contribution < -0.4 is 0 Å². The average molecular weight is 479 g/mol. The van der Waals surface area contributed by atoms with Gasteiger partial charge in [0.25, 0.3) is 0 Å². The Morgan fingerprint density at radius 1 is 0.882 bits per heavy atom. The first-order valence-electron chi connectivity index (χ1n) is 12.5. The maximum absolute atomic E-state index is 11.9. The summed E-state index contributed by atoms with van der Waals surface area (Å²) >= 11 is 0. The molecule has 1 aromatic rings. The minimum absolute atomic E-state index is 0.0217. The molecule has 2 aliphatic rings. The van der Waals surface area contributed by atoms with Crippen LogP contribution >= 0.6 is 0 Å². The van der Waals surface area contributed by atoms with Gasteiger partial charge in [-0.05, 0) is 17.9 Å². The standard InChI is InChI=1S/C27H42O7/c1-8-22-16(2)17(3)25(31-20(6)28)27(32-22)34-24-18(4)23(33-26(29-7)19(24)5)15-30-14-21-12-10-9-11-13-21/h9-13,16-19,22-27H,8,14-15H2,1-7H3/t16-,17-,18+,19-,22?,23?,24-,25?,26?,27+/m0/s1. The summed E-state index contributed by atoms with van der Waals surface area (Å²) in [5.41, 5.74) is 1.11. The number of hydrogen-bond acceptors (Lipinski definition) is 7. The van der Waals surface area contributed by atoms with Gasteiger partial charge >= 0.3 is 5.97 Å². The molecule has 34 heavy (non-hydrogen) atoms. The molecule has 0 amide bonds. The molecule has 0 spiro atoms. The van der Waals surface area contributed by atoms with Gasteiger partial charge in [0, 0.05) is 31.8 Å². The summed E-state index contributed by atoms with van der Waals surface area (Å²) in [6.45, 7) is 12.9. The summed E-state index contributed by atoms with van der Waals surface area (Å²) in [5, 5.41) is 0. The van der Waals surface area contributed by atoms with Crippen LogP contribution in [0.2, 0.25) is 0 Å². The first-order chi connectivity index (χ1) is 16.3. The molecule has 192 valence electrons. The van der Waals surface area contributed by atoms with Crippen molar-refractivity contribution in [2.45, 2.75) is 91.6 Å². The van der Waals surface area contributed by atoms with Gasteiger partial charge in [0.15, 0.2) is 18.7 Å². The molecule has 0 N–H and O–H groups in total. The quantitative estimate of drug-likeness (QED) is 0.482. The zero-order valence-corrected chi connectivity index (χ0v) is 21.6. The molecule has 0 bridgehead atoms. The number of hydrogen-bond donors (Lipinski definition) is 0. The molecule has 0 aromatic heterocycles. The Balaban J connectivity index is 1.73. The first-order valence-corrected chi connectivity index (χ1v) is 12.5. The van der Waals surface area contributed by atoms with E-state index in [2.05, 4.69) is 34.6 Å². The molecule has 2 aliphatic heterocycles. The van der Waals surface area contributed by atoms with Gasteiger partial charge in [0.05, 0.1) is 31.5 Å². The van der Waals surface area contributed by atoms with Crippen molar-refractivity contribution < 1.29 is 33.2 Å². The van der Waals surface area contributed by atoms with E-state index in [0.717, 1.165) is 12.0 Å². The van der Waals surface area contributed by atoms with Gasteiger partial charge in [-0.1, -0.05) is 65.0 Å². The van der Waals surface area contributed by atoms with E-state index in [4.69, 9.17) is 28.4 Å². The van der Waals surface area contributed by atoms with Crippen LogP contribution in [-0.4, -0.2) is 56.7 Å². The Hall–Kier alpha value is -1.51. The van der Waals surface area contributed by atoms with E-state index < -0.39 is 18.7 Å². The molecule has 2 fully saturated rings.